The van der Waals surface area contributed by atoms with Crippen LogP contribution in [0.1, 0.15) is 24.2 Å². The third kappa shape index (κ3) is 5.96. The van der Waals surface area contributed by atoms with Crippen molar-refractivity contribution in [2.45, 2.75) is 26.3 Å². The first-order valence-electron chi connectivity index (χ1n) is 8.85. The van der Waals surface area contributed by atoms with Crippen molar-refractivity contribution in [3.8, 4) is 5.75 Å². The molecule has 0 fully saturated rings. The predicted octanol–water partition coefficient (Wildman–Crippen LogP) is 4.80. The molecule has 0 unspecified atom stereocenters. The molecule has 1 amide bonds. The number of rotatable bonds is 8. The van der Waals surface area contributed by atoms with E-state index in [0.29, 0.717) is 19.4 Å². The Labute approximate surface area is 167 Å². The summed E-state index contributed by atoms with van der Waals surface area (Å²) in [6.07, 6.45) is 4.84. The second-order valence-corrected chi connectivity index (χ2v) is 7.17. The number of carbonyl (C=O) groups excluding carboxylic acids is 1. The van der Waals surface area contributed by atoms with E-state index in [-0.39, 0.29) is 5.91 Å². The number of nitrogens with zero attached hydrogens (tertiary/aromatic N) is 2. The summed E-state index contributed by atoms with van der Waals surface area (Å²) >= 11 is 3.41. The van der Waals surface area contributed by atoms with Gasteiger partial charge >= 0.3 is 0 Å². The number of imidazole rings is 1. The van der Waals surface area contributed by atoms with Crippen LogP contribution in [0.2, 0.25) is 0 Å². The first-order valence-corrected chi connectivity index (χ1v) is 9.64. The molecule has 0 aliphatic heterocycles. The zero-order chi connectivity index (χ0) is 19.1. The van der Waals surface area contributed by atoms with Crippen LogP contribution in [0.5, 0.6) is 5.75 Å². The van der Waals surface area contributed by atoms with E-state index < -0.39 is 0 Å². The molecular weight excluding hydrogens is 406 g/mol. The fourth-order valence-electron chi connectivity index (χ4n) is 2.66. The fourth-order valence-corrected chi connectivity index (χ4v) is 3.04. The maximum absolute atomic E-state index is 12.1. The summed E-state index contributed by atoms with van der Waals surface area (Å²) in [7, 11) is 0. The number of hydrogen-bond acceptors (Lipinski definition) is 3. The molecule has 3 rings (SSSR count). The van der Waals surface area contributed by atoms with Crippen LogP contribution < -0.4 is 10.1 Å². The molecule has 0 aliphatic rings. The molecule has 0 saturated heterocycles. The van der Waals surface area contributed by atoms with Crippen molar-refractivity contribution in [3.63, 3.8) is 0 Å². The second-order valence-electron chi connectivity index (χ2n) is 6.26. The Morgan fingerprint density at radius 1 is 1.22 bits per heavy atom. The van der Waals surface area contributed by atoms with Gasteiger partial charge in [0.15, 0.2) is 0 Å². The number of aryl methyl sites for hydroxylation is 1. The number of halogens is 1. The molecule has 3 aromatic rings. The molecule has 2 aromatic carbocycles. The quantitative estimate of drug-likeness (QED) is 0.525. The summed E-state index contributed by atoms with van der Waals surface area (Å²) in [6.45, 7) is 3.26. The van der Waals surface area contributed by atoms with Gasteiger partial charge in [-0.05, 0) is 49.2 Å². The number of amides is 1. The van der Waals surface area contributed by atoms with E-state index in [9.17, 15) is 4.79 Å². The van der Waals surface area contributed by atoms with Gasteiger partial charge in [0.25, 0.3) is 0 Å². The minimum absolute atomic E-state index is 0.00829. The summed E-state index contributed by atoms with van der Waals surface area (Å²) in [5, 5.41) is 2.93. The van der Waals surface area contributed by atoms with Gasteiger partial charge in [0.05, 0.1) is 6.61 Å². The third-order valence-electron chi connectivity index (χ3n) is 4.13. The van der Waals surface area contributed by atoms with Crippen LogP contribution in [-0.4, -0.2) is 22.1 Å². The predicted molar refractivity (Wildman–Crippen MR) is 110 cm³/mol. The Hall–Kier alpha value is -2.60. The van der Waals surface area contributed by atoms with Crippen LogP contribution in [0.15, 0.2) is 65.4 Å². The van der Waals surface area contributed by atoms with Gasteiger partial charge in [0, 0.05) is 35.5 Å². The third-order valence-corrected chi connectivity index (χ3v) is 4.62. The normalized spacial score (nSPS) is 10.6. The standard InChI is InChI=1S/C21H22BrN3O2/c1-16-23-11-12-25(16)15-17-7-9-19(10-8-17)24-21(26)6-3-13-27-20-5-2-4-18(22)14-20/h2,4-5,7-12,14H,3,6,13,15H2,1H3,(H,24,26). The van der Waals surface area contributed by atoms with Gasteiger partial charge in [0.2, 0.25) is 5.91 Å². The summed E-state index contributed by atoms with van der Waals surface area (Å²) in [5.41, 5.74) is 1.97. The van der Waals surface area contributed by atoms with Crippen LogP contribution in [0, 0.1) is 6.92 Å². The molecule has 0 aliphatic carbocycles. The minimum Gasteiger partial charge on any atom is -0.494 e. The zero-order valence-electron chi connectivity index (χ0n) is 15.2. The van der Waals surface area contributed by atoms with Crippen molar-refractivity contribution in [2.24, 2.45) is 0 Å². The highest BCUT2D eigenvalue weighted by molar-refractivity contribution is 9.10. The average Bonchev–Trinajstić information content (AvgIpc) is 3.05. The van der Waals surface area contributed by atoms with Gasteiger partial charge < -0.3 is 14.6 Å². The lowest BCUT2D eigenvalue weighted by molar-refractivity contribution is -0.116. The van der Waals surface area contributed by atoms with E-state index in [1.165, 1.54) is 0 Å². The lowest BCUT2D eigenvalue weighted by atomic mass is 10.2. The van der Waals surface area contributed by atoms with Crippen molar-refractivity contribution in [3.05, 3.63) is 76.8 Å². The van der Waals surface area contributed by atoms with E-state index in [0.717, 1.165) is 33.8 Å². The Bertz CT molecular complexity index is 890. The summed E-state index contributed by atoms with van der Waals surface area (Å²) in [4.78, 5) is 16.3. The highest BCUT2D eigenvalue weighted by Gasteiger charge is 2.04. The van der Waals surface area contributed by atoms with Crippen molar-refractivity contribution in [2.75, 3.05) is 11.9 Å². The molecule has 0 saturated carbocycles. The molecule has 1 N–H and O–H groups in total. The van der Waals surface area contributed by atoms with Crippen LogP contribution in [0.3, 0.4) is 0 Å². The number of nitrogens with one attached hydrogen (secondary N) is 1. The first-order chi connectivity index (χ1) is 13.1. The molecule has 140 valence electrons. The monoisotopic (exact) mass is 427 g/mol. The Morgan fingerprint density at radius 2 is 2.04 bits per heavy atom. The molecule has 0 spiro atoms. The number of carbonyl (C=O) groups is 1. The fraction of sp³-hybridized carbons (Fsp3) is 0.238. The molecule has 6 heteroatoms. The topological polar surface area (TPSA) is 56.2 Å². The number of anilines is 1. The lowest BCUT2D eigenvalue weighted by Gasteiger charge is -2.09. The van der Waals surface area contributed by atoms with Crippen molar-refractivity contribution in [1.82, 2.24) is 9.55 Å². The largest absolute Gasteiger partial charge is 0.494 e. The maximum Gasteiger partial charge on any atom is 0.224 e. The first kappa shape index (κ1) is 19.2. The average molecular weight is 428 g/mol. The second kappa shape index (κ2) is 9.37. The summed E-state index contributed by atoms with van der Waals surface area (Å²) < 4.78 is 8.70. The number of ether oxygens (including phenoxy) is 1. The number of benzene rings is 2. The molecule has 0 radical (unpaired) electrons. The van der Waals surface area contributed by atoms with Gasteiger partial charge in [-0.25, -0.2) is 4.98 Å². The van der Waals surface area contributed by atoms with E-state index in [2.05, 4.69) is 30.8 Å². The van der Waals surface area contributed by atoms with E-state index >= 15 is 0 Å². The van der Waals surface area contributed by atoms with Gasteiger partial charge in [0.1, 0.15) is 11.6 Å². The number of hydrogen-bond donors (Lipinski definition) is 1. The zero-order valence-corrected chi connectivity index (χ0v) is 16.8. The van der Waals surface area contributed by atoms with Crippen molar-refractivity contribution >= 4 is 27.5 Å². The molecule has 1 heterocycles. The van der Waals surface area contributed by atoms with E-state index in [1.807, 2.05) is 61.7 Å². The Balaban J connectivity index is 1.40. The number of aromatic nitrogens is 2. The minimum atomic E-state index is -0.00829. The van der Waals surface area contributed by atoms with Crippen LogP contribution in [0.4, 0.5) is 5.69 Å². The lowest BCUT2D eigenvalue weighted by Crippen LogP contribution is -2.13. The van der Waals surface area contributed by atoms with Crippen LogP contribution >= 0.6 is 15.9 Å². The molecular formula is C21H22BrN3O2. The molecule has 0 bridgehead atoms. The van der Waals surface area contributed by atoms with Gasteiger partial charge in [-0.3, -0.25) is 4.79 Å². The van der Waals surface area contributed by atoms with E-state index in [1.54, 1.807) is 6.20 Å². The maximum atomic E-state index is 12.1. The highest BCUT2D eigenvalue weighted by Crippen LogP contribution is 2.18. The SMILES string of the molecule is Cc1nccn1Cc1ccc(NC(=O)CCCOc2cccc(Br)c2)cc1. The molecule has 1 aromatic heterocycles. The highest BCUT2D eigenvalue weighted by atomic mass is 79.9. The summed E-state index contributed by atoms with van der Waals surface area (Å²) in [6, 6.07) is 15.6. The smallest absolute Gasteiger partial charge is 0.224 e. The van der Waals surface area contributed by atoms with Crippen molar-refractivity contribution in [1.29, 1.82) is 0 Å². The van der Waals surface area contributed by atoms with E-state index in [4.69, 9.17) is 4.74 Å². The van der Waals surface area contributed by atoms with Gasteiger partial charge in [-0.2, -0.15) is 0 Å². The van der Waals surface area contributed by atoms with Gasteiger partial charge in [-0.15, -0.1) is 0 Å². The Morgan fingerprint density at radius 3 is 2.74 bits per heavy atom. The van der Waals surface area contributed by atoms with Crippen molar-refractivity contribution < 1.29 is 9.53 Å². The van der Waals surface area contributed by atoms with Crippen LogP contribution in [0.25, 0.3) is 0 Å². The molecule has 5 nitrogen and oxygen atoms in total. The molecule has 27 heavy (non-hydrogen) atoms. The Kier molecular flexibility index (Phi) is 6.65. The summed E-state index contributed by atoms with van der Waals surface area (Å²) in [5.74, 6) is 1.78. The van der Waals surface area contributed by atoms with Crippen LogP contribution in [-0.2, 0) is 11.3 Å². The van der Waals surface area contributed by atoms with Gasteiger partial charge in [-0.1, -0.05) is 34.1 Å². The molecule has 0 atom stereocenters.